The number of piperazine rings is 1. The quantitative estimate of drug-likeness (QED) is 0.644. The fourth-order valence-corrected chi connectivity index (χ4v) is 3.90. The Balaban J connectivity index is 1.39. The summed E-state index contributed by atoms with van der Waals surface area (Å²) in [6, 6.07) is 18.5. The Morgan fingerprint density at radius 1 is 0.781 bits per heavy atom. The highest BCUT2D eigenvalue weighted by molar-refractivity contribution is 6.04. The predicted molar refractivity (Wildman–Crippen MR) is 115 cm³/mol. The molecule has 0 saturated carbocycles. The first-order valence-electron chi connectivity index (χ1n) is 10.7. The van der Waals surface area contributed by atoms with Crippen LogP contribution in [0.3, 0.4) is 0 Å². The fraction of sp³-hybridized carbons (Fsp3) is 0.333. The number of likely N-dealkylation sites (tertiary alicyclic amines) is 1. The van der Waals surface area contributed by atoms with Crippen LogP contribution in [0, 0.1) is 0 Å². The Morgan fingerprint density at radius 2 is 1.31 bits per heavy atom. The number of hydrogen-bond acceptors (Lipinski definition) is 5. The van der Waals surface area contributed by atoms with Gasteiger partial charge in [-0.25, -0.2) is 0 Å². The minimum atomic E-state index is -0.791. The van der Waals surface area contributed by atoms with E-state index in [4.69, 9.17) is 4.74 Å². The lowest BCUT2D eigenvalue weighted by Gasteiger charge is -2.36. The van der Waals surface area contributed by atoms with Crippen molar-refractivity contribution in [2.45, 2.75) is 18.9 Å². The number of carbonyl (C=O) groups excluding carboxylic acids is 4. The predicted octanol–water partition coefficient (Wildman–Crippen LogP) is 1.63. The molecule has 0 bridgehead atoms. The Morgan fingerprint density at radius 3 is 1.91 bits per heavy atom. The summed E-state index contributed by atoms with van der Waals surface area (Å²) in [5.41, 5.74) is 0.755. The van der Waals surface area contributed by atoms with Crippen LogP contribution in [-0.2, 0) is 19.2 Å². The molecule has 0 spiro atoms. The van der Waals surface area contributed by atoms with Crippen molar-refractivity contribution in [1.82, 2.24) is 14.7 Å². The summed E-state index contributed by atoms with van der Waals surface area (Å²) >= 11 is 0. The largest absolute Gasteiger partial charge is 0.476 e. The molecule has 0 N–H and O–H groups in total. The number of rotatable bonds is 6. The summed E-state index contributed by atoms with van der Waals surface area (Å²) in [5.74, 6) is -0.455. The van der Waals surface area contributed by atoms with Crippen molar-refractivity contribution < 1.29 is 23.9 Å². The van der Waals surface area contributed by atoms with Crippen LogP contribution in [0.4, 0.5) is 0 Å². The monoisotopic (exact) mass is 435 g/mol. The average Bonchev–Trinajstić information content (AvgIpc) is 3.15. The van der Waals surface area contributed by atoms with Gasteiger partial charge in [0.2, 0.25) is 23.8 Å². The van der Waals surface area contributed by atoms with E-state index < -0.39 is 6.10 Å². The zero-order valence-electron chi connectivity index (χ0n) is 17.7. The van der Waals surface area contributed by atoms with Crippen LogP contribution in [0.5, 0.6) is 5.75 Å². The van der Waals surface area contributed by atoms with E-state index in [0.29, 0.717) is 31.9 Å². The molecule has 4 amide bonds. The second-order valence-electron chi connectivity index (χ2n) is 7.80. The van der Waals surface area contributed by atoms with E-state index in [-0.39, 0.29) is 43.0 Å². The van der Waals surface area contributed by atoms with Crippen LogP contribution < -0.4 is 4.74 Å². The maximum absolute atomic E-state index is 13.3. The first-order chi connectivity index (χ1) is 15.5. The third-order valence-corrected chi connectivity index (χ3v) is 5.72. The lowest BCUT2D eigenvalue weighted by Crippen LogP contribution is -2.54. The van der Waals surface area contributed by atoms with Gasteiger partial charge < -0.3 is 14.5 Å². The Kier molecular flexibility index (Phi) is 6.49. The number of nitrogens with zero attached hydrogens (tertiary/aromatic N) is 3. The fourth-order valence-electron chi connectivity index (χ4n) is 3.90. The van der Waals surface area contributed by atoms with Crippen LogP contribution in [0.15, 0.2) is 60.7 Å². The molecule has 2 aromatic carbocycles. The highest BCUT2D eigenvalue weighted by atomic mass is 16.5. The lowest BCUT2D eigenvalue weighted by atomic mass is 10.1. The number of para-hydroxylation sites is 1. The first-order valence-corrected chi connectivity index (χ1v) is 10.7. The van der Waals surface area contributed by atoms with Crippen LogP contribution in [0.25, 0.3) is 0 Å². The average molecular weight is 435 g/mol. The summed E-state index contributed by atoms with van der Waals surface area (Å²) in [4.78, 5) is 53.8. The first kappa shape index (κ1) is 21.5. The normalized spacial score (nSPS) is 17.4. The number of imide groups is 1. The van der Waals surface area contributed by atoms with E-state index >= 15 is 0 Å². The number of amides is 4. The molecule has 1 atom stereocenters. The van der Waals surface area contributed by atoms with Crippen molar-refractivity contribution in [2.24, 2.45) is 0 Å². The number of carbonyl (C=O) groups is 4. The van der Waals surface area contributed by atoms with E-state index in [1.807, 2.05) is 48.5 Å². The molecule has 2 heterocycles. The summed E-state index contributed by atoms with van der Waals surface area (Å²) in [6.07, 6.45) is -0.464. The zero-order chi connectivity index (χ0) is 22.5. The highest BCUT2D eigenvalue weighted by Gasteiger charge is 2.34. The summed E-state index contributed by atoms with van der Waals surface area (Å²) in [7, 11) is 0. The summed E-state index contributed by atoms with van der Waals surface area (Å²) in [5, 5.41) is 0. The van der Waals surface area contributed by atoms with Crippen molar-refractivity contribution in [2.75, 3.05) is 32.7 Å². The Hall–Kier alpha value is -3.68. The molecule has 32 heavy (non-hydrogen) atoms. The van der Waals surface area contributed by atoms with Crippen molar-refractivity contribution in [3.63, 3.8) is 0 Å². The Bertz CT molecular complexity index is 971. The van der Waals surface area contributed by atoms with E-state index in [9.17, 15) is 19.2 Å². The number of hydrogen-bond donors (Lipinski definition) is 0. The molecule has 2 aromatic rings. The van der Waals surface area contributed by atoms with Gasteiger partial charge in [-0.15, -0.1) is 0 Å². The number of ether oxygens (including phenoxy) is 1. The molecular weight excluding hydrogens is 410 g/mol. The third-order valence-electron chi connectivity index (χ3n) is 5.72. The van der Waals surface area contributed by atoms with Crippen molar-refractivity contribution in [3.8, 4) is 5.75 Å². The smallest absolute Gasteiger partial charge is 0.268 e. The van der Waals surface area contributed by atoms with E-state index in [2.05, 4.69) is 0 Å². The van der Waals surface area contributed by atoms with Gasteiger partial charge in [-0.3, -0.25) is 24.1 Å². The molecule has 2 aliphatic heterocycles. The summed E-state index contributed by atoms with van der Waals surface area (Å²) in [6.45, 7) is 1.17. The van der Waals surface area contributed by atoms with Crippen molar-refractivity contribution in [3.05, 3.63) is 66.2 Å². The third kappa shape index (κ3) is 4.80. The van der Waals surface area contributed by atoms with Gasteiger partial charge in [0.05, 0.1) is 0 Å². The lowest BCUT2D eigenvalue weighted by molar-refractivity contribution is -0.148. The van der Waals surface area contributed by atoms with Gasteiger partial charge in [0.15, 0.2) is 0 Å². The summed E-state index contributed by atoms with van der Waals surface area (Å²) < 4.78 is 6.05. The molecule has 4 rings (SSSR count). The molecule has 1 unspecified atom stereocenters. The minimum Gasteiger partial charge on any atom is -0.476 e. The second kappa shape index (κ2) is 9.64. The minimum absolute atomic E-state index is 0.163. The molecule has 8 heteroatoms. The van der Waals surface area contributed by atoms with Crippen LogP contribution in [-0.4, -0.2) is 71.1 Å². The second-order valence-corrected chi connectivity index (χ2v) is 7.80. The van der Waals surface area contributed by atoms with E-state index in [0.717, 1.165) is 10.5 Å². The van der Waals surface area contributed by atoms with Gasteiger partial charge in [-0.2, -0.15) is 0 Å². The van der Waals surface area contributed by atoms with Gasteiger partial charge >= 0.3 is 0 Å². The maximum Gasteiger partial charge on any atom is 0.268 e. The molecule has 8 nitrogen and oxygen atoms in total. The van der Waals surface area contributed by atoms with Gasteiger partial charge in [0, 0.05) is 44.6 Å². The Labute approximate surface area is 186 Å². The van der Waals surface area contributed by atoms with Crippen LogP contribution in [0.2, 0.25) is 0 Å². The SMILES string of the molecule is O=C(CN1C(=O)CCC1=O)N1CCN(C(=O)C(Oc2ccccc2)c2ccccc2)CC1. The highest BCUT2D eigenvalue weighted by Crippen LogP contribution is 2.24. The standard InChI is InChI=1S/C24H25N3O5/c28-20-11-12-21(29)27(20)17-22(30)25-13-15-26(16-14-25)24(31)23(18-7-3-1-4-8-18)32-19-9-5-2-6-10-19/h1-10,23H,11-17H2. The molecule has 0 aromatic heterocycles. The van der Waals surface area contributed by atoms with Crippen molar-refractivity contribution in [1.29, 1.82) is 0 Å². The van der Waals surface area contributed by atoms with Gasteiger partial charge in [-0.1, -0.05) is 48.5 Å². The van der Waals surface area contributed by atoms with Crippen molar-refractivity contribution >= 4 is 23.6 Å². The molecule has 0 radical (unpaired) electrons. The van der Waals surface area contributed by atoms with Crippen LogP contribution in [0.1, 0.15) is 24.5 Å². The van der Waals surface area contributed by atoms with Gasteiger partial charge in [0.1, 0.15) is 12.3 Å². The number of benzene rings is 2. The topological polar surface area (TPSA) is 87.2 Å². The van der Waals surface area contributed by atoms with Crippen LogP contribution >= 0.6 is 0 Å². The van der Waals surface area contributed by atoms with E-state index in [1.54, 1.807) is 21.9 Å². The molecular formula is C24H25N3O5. The van der Waals surface area contributed by atoms with Gasteiger partial charge in [-0.05, 0) is 12.1 Å². The maximum atomic E-state index is 13.3. The molecule has 2 fully saturated rings. The molecule has 0 aliphatic carbocycles. The van der Waals surface area contributed by atoms with E-state index in [1.165, 1.54) is 0 Å². The molecule has 166 valence electrons. The van der Waals surface area contributed by atoms with Gasteiger partial charge in [0.25, 0.3) is 5.91 Å². The zero-order valence-corrected chi connectivity index (χ0v) is 17.7. The molecule has 2 saturated heterocycles. The molecule has 2 aliphatic rings.